The van der Waals surface area contributed by atoms with Gasteiger partial charge in [-0.05, 0) is 6.92 Å². The third-order valence-electron chi connectivity index (χ3n) is 1.35. The molecule has 0 aliphatic carbocycles. The molecule has 12 heavy (non-hydrogen) atoms. The fourth-order valence-corrected chi connectivity index (χ4v) is 1.39. The van der Waals surface area contributed by atoms with Crippen LogP contribution in [0.2, 0.25) is 0 Å². The lowest BCUT2D eigenvalue weighted by Gasteiger charge is -1.95. The predicted molar refractivity (Wildman–Crippen MR) is 49.4 cm³/mol. The topological polar surface area (TPSA) is 82.0 Å². The Hall–Kier alpha value is -1.36. The summed E-state index contributed by atoms with van der Waals surface area (Å²) < 4.78 is 0. The van der Waals surface area contributed by atoms with Crippen LogP contribution in [0.1, 0.15) is 12.6 Å². The summed E-state index contributed by atoms with van der Waals surface area (Å²) in [6, 6.07) is 0. The van der Waals surface area contributed by atoms with E-state index in [1.54, 1.807) is 18.4 Å². The number of allylic oxidation sites excluding steroid dienone is 1. The van der Waals surface area contributed by atoms with Crippen LogP contribution in [0.3, 0.4) is 0 Å². The quantitative estimate of drug-likeness (QED) is 0.659. The maximum absolute atomic E-state index is 10.8. The Balaban J connectivity index is 3.04. The first-order valence-corrected chi connectivity index (χ1v) is 4.20. The van der Waals surface area contributed by atoms with Crippen LogP contribution >= 0.6 is 11.3 Å². The van der Waals surface area contributed by atoms with Crippen LogP contribution in [0.4, 0.5) is 5.13 Å². The molecule has 0 aromatic carbocycles. The molecule has 64 valence electrons. The normalized spacial score (nSPS) is 11.6. The lowest BCUT2D eigenvalue weighted by molar-refractivity contribution is -0.112. The number of rotatable bonds is 2. The summed E-state index contributed by atoms with van der Waals surface area (Å²) in [5.74, 6) is -0.484. The van der Waals surface area contributed by atoms with Gasteiger partial charge in [0.2, 0.25) is 0 Å². The highest BCUT2D eigenvalue weighted by Gasteiger charge is 2.09. The molecule has 0 aliphatic heterocycles. The van der Waals surface area contributed by atoms with E-state index < -0.39 is 5.91 Å². The molecule has 0 atom stereocenters. The van der Waals surface area contributed by atoms with Gasteiger partial charge in [-0.3, -0.25) is 4.79 Å². The van der Waals surface area contributed by atoms with Crippen LogP contribution in [0.15, 0.2) is 11.5 Å². The number of nitrogens with two attached hydrogens (primary N) is 2. The second kappa shape index (κ2) is 3.36. The average Bonchev–Trinajstić information content (AvgIpc) is 2.37. The molecule has 1 amide bonds. The van der Waals surface area contributed by atoms with E-state index in [9.17, 15) is 4.79 Å². The number of amides is 1. The van der Waals surface area contributed by atoms with Crippen LogP contribution in [0.5, 0.6) is 0 Å². The largest absolute Gasteiger partial charge is 0.375 e. The molecule has 0 saturated heterocycles. The Bertz CT molecular complexity index is 329. The van der Waals surface area contributed by atoms with Crippen molar-refractivity contribution >= 4 is 27.9 Å². The van der Waals surface area contributed by atoms with E-state index in [0.29, 0.717) is 16.4 Å². The fourth-order valence-electron chi connectivity index (χ4n) is 0.828. The molecule has 0 bridgehead atoms. The average molecular weight is 183 g/mol. The minimum atomic E-state index is -0.484. The minimum Gasteiger partial charge on any atom is -0.375 e. The number of anilines is 1. The molecule has 0 fully saturated rings. The molecule has 0 radical (unpaired) electrons. The van der Waals surface area contributed by atoms with Gasteiger partial charge in [-0.25, -0.2) is 4.98 Å². The fraction of sp³-hybridized carbons (Fsp3) is 0.143. The molecule has 0 unspecified atom stereocenters. The molecular formula is C7H9N3OS. The summed E-state index contributed by atoms with van der Waals surface area (Å²) in [5, 5.41) is 2.14. The van der Waals surface area contributed by atoms with E-state index in [0.717, 1.165) is 0 Å². The summed E-state index contributed by atoms with van der Waals surface area (Å²) >= 11 is 1.28. The zero-order chi connectivity index (χ0) is 9.14. The molecular weight excluding hydrogens is 174 g/mol. The summed E-state index contributed by atoms with van der Waals surface area (Å²) in [7, 11) is 0. The molecule has 1 heterocycles. The van der Waals surface area contributed by atoms with Gasteiger partial charge in [0.1, 0.15) is 0 Å². The number of carbonyl (C=O) groups excluding carboxylic acids is 1. The third kappa shape index (κ3) is 1.62. The minimum absolute atomic E-state index is 0.406. The maximum Gasteiger partial charge on any atom is 0.250 e. The first-order valence-electron chi connectivity index (χ1n) is 3.32. The van der Waals surface area contributed by atoms with Crippen molar-refractivity contribution in [2.24, 2.45) is 5.73 Å². The number of nitrogens with zero attached hydrogens (tertiary/aromatic N) is 1. The smallest absolute Gasteiger partial charge is 0.250 e. The Morgan fingerprint density at radius 1 is 1.75 bits per heavy atom. The summed E-state index contributed by atoms with van der Waals surface area (Å²) in [4.78, 5) is 14.7. The molecule has 0 aliphatic rings. The summed E-state index contributed by atoms with van der Waals surface area (Å²) in [6.45, 7) is 1.73. The molecule has 1 aromatic rings. The Kier molecular flexibility index (Phi) is 2.44. The summed E-state index contributed by atoms with van der Waals surface area (Å²) in [6.07, 6.45) is 1.62. The number of carbonyl (C=O) groups is 1. The van der Waals surface area contributed by atoms with Crippen LogP contribution in [-0.4, -0.2) is 10.9 Å². The van der Waals surface area contributed by atoms with E-state index in [2.05, 4.69) is 4.98 Å². The van der Waals surface area contributed by atoms with Crippen molar-refractivity contribution in [3.63, 3.8) is 0 Å². The van der Waals surface area contributed by atoms with Gasteiger partial charge in [0, 0.05) is 5.38 Å². The third-order valence-corrected chi connectivity index (χ3v) is 2.03. The van der Waals surface area contributed by atoms with E-state index in [1.165, 1.54) is 11.3 Å². The molecule has 1 aromatic heterocycles. The number of nitrogen functional groups attached to an aromatic ring is 1. The number of hydrogen-bond donors (Lipinski definition) is 2. The lowest BCUT2D eigenvalue weighted by Crippen LogP contribution is -2.12. The summed E-state index contributed by atoms with van der Waals surface area (Å²) in [5.41, 5.74) is 11.5. The van der Waals surface area contributed by atoms with E-state index in [1.807, 2.05) is 0 Å². The van der Waals surface area contributed by atoms with Gasteiger partial charge >= 0.3 is 0 Å². The van der Waals surface area contributed by atoms with Crippen LogP contribution < -0.4 is 11.5 Å². The Morgan fingerprint density at radius 3 is 2.75 bits per heavy atom. The van der Waals surface area contributed by atoms with Crippen LogP contribution in [0, 0.1) is 0 Å². The molecule has 4 N–H and O–H groups in total. The first kappa shape index (κ1) is 8.73. The van der Waals surface area contributed by atoms with E-state index >= 15 is 0 Å². The number of aromatic nitrogens is 1. The Labute approximate surface area is 73.9 Å². The predicted octanol–water partition coefficient (Wildman–Crippen LogP) is 0.614. The van der Waals surface area contributed by atoms with Crippen molar-refractivity contribution in [2.75, 3.05) is 5.73 Å². The molecule has 0 saturated carbocycles. The van der Waals surface area contributed by atoms with E-state index in [-0.39, 0.29) is 0 Å². The van der Waals surface area contributed by atoms with Crippen molar-refractivity contribution in [3.05, 3.63) is 17.2 Å². The van der Waals surface area contributed by atoms with Gasteiger partial charge in [0.15, 0.2) is 5.13 Å². The zero-order valence-corrected chi connectivity index (χ0v) is 7.39. The van der Waals surface area contributed by atoms with E-state index in [4.69, 9.17) is 11.5 Å². The lowest BCUT2D eigenvalue weighted by atomic mass is 10.2. The van der Waals surface area contributed by atoms with Gasteiger partial charge in [-0.2, -0.15) is 0 Å². The van der Waals surface area contributed by atoms with Crippen LogP contribution in [-0.2, 0) is 4.79 Å². The standard InChI is InChI=1S/C7H9N3OS/c1-2-4(6(8)11)5-3-12-7(9)10-5/h2-3H,1H3,(H2,8,11)(H2,9,10)/b4-2+. The van der Waals surface area contributed by atoms with Gasteiger partial charge in [-0.15, -0.1) is 11.3 Å². The second-order valence-corrected chi connectivity index (χ2v) is 3.03. The van der Waals surface area contributed by atoms with Gasteiger partial charge in [0.05, 0.1) is 11.3 Å². The van der Waals surface area contributed by atoms with Crippen molar-refractivity contribution in [3.8, 4) is 0 Å². The highest BCUT2D eigenvalue weighted by atomic mass is 32.1. The molecule has 5 heteroatoms. The van der Waals surface area contributed by atoms with Gasteiger partial charge in [-0.1, -0.05) is 6.08 Å². The second-order valence-electron chi connectivity index (χ2n) is 2.14. The molecule has 4 nitrogen and oxygen atoms in total. The molecule has 0 spiro atoms. The monoisotopic (exact) mass is 183 g/mol. The van der Waals surface area contributed by atoms with Gasteiger partial charge in [0.25, 0.3) is 5.91 Å². The Morgan fingerprint density at radius 2 is 2.42 bits per heavy atom. The highest BCUT2D eigenvalue weighted by molar-refractivity contribution is 7.13. The zero-order valence-electron chi connectivity index (χ0n) is 6.57. The number of hydrogen-bond acceptors (Lipinski definition) is 4. The SMILES string of the molecule is C/C=C(/C(N)=O)c1csc(N)n1. The van der Waals surface area contributed by atoms with Crippen molar-refractivity contribution in [1.29, 1.82) is 0 Å². The van der Waals surface area contributed by atoms with Crippen molar-refractivity contribution in [1.82, 2.24) is 4.98 Å². The highest BCUT2D eigenvalue weighted by Crippen LogP contribution is 2.18. The van der Waals surface area contributed by atoms with Crippen molar-refractivity contribution < 1.29 is 4.79 Å². The van der Waals surface area contributed by atoms with Crippen molar-refractivity contribution in [2.45, 2.75) is 6.92 Å². The number of primary amides is 1. The number of thiazole rings is 1. The van der Waals surface area contributed by atoms with Gasteiger partial charge < -0.3 is 11.5 Å². The van der Waals surface area contributed by atoms with Crippen LogP contribution in [0.25, 0.3) is 5.57 Å². The molecule has 1 rings (SSSR count). The first-order chi connectivity index (χ1) is 5.65. The maximum atomic E-state index is 10.8.